The molecule has 2 aliphatic rings. The van der Waals surface area contributed by atoms with Crippen molar-refractivity contribution in [2.24, 2.45) is 5.92 Å². The summed E-state index contributed by atoms with van der Waals surface area (Å²) in [6.07, 6.45) is 7.35. The molecule has 1 aromatic carbocycles. The highest BCUT2D eigenvalue weighted by molar-refractivity contribution is 6.06. The molecule has 2 saturated carbocycles. The number of aromatic amines is 1. The first kappa shape index (κ1) is 18.7. The molecule has 0 unspecified atom stereocenters. The standard InChI is InChI=1S/C22H22FN5O2/c23-15-7-1-12(2-8-15)9-26-22(30)18(14-5-6-14)28-21(29)16-10-24-20-19(16)27-17(11-25-20)13-3-4-13/h1-2,7-8,10-11,13-14,18H,3-6,9H2,(H,24,25)(H,26,30)(H,28,29)/t18-/m1/s1. The van der Waals surface area contributed by atoms with E-state index in [9.17, 15) is 14.0 Å². The van der Waals surface area contributed by atoms with Crippen molar-refractivity contribution in [1.29, 1.82) is 0 Å². The molecule has 8 heteroatoms. The van der Waals surface area contributed by atoms with Crippen LogP contribution in [-0.4, -0.2) is 32.8 Å². The van der Waals surface area contributed by atoms with Crippen molar-refractivity contribution in [3.63, 3.8) is 0 Å². The van der Waals surface area contributed by atoms with Crippen LogP contribution in [-0.2, 0) is 11.3 Å². The second-order valence-electron chi connectivity index (χ2n) is 8.10. The molecule has 0 radical (unpaired) electrons. The number of aromatic nitrogens is 3. The first-order chi connectivity index (χ1) is 14.6. The molecule has 0 spiro atoms. The topological polar surface area (TPSA) is 99.8 Å². The maximum atomic E-state index is 13.0. The smallest absolute Gasteiger partial charge is 0.255 e. The molecule has 0 aliphatic heterocycles. The first-order valence-corrected chi connectivity index (χ1v) is 10.3. The first-order valence-electron chi connectivity index (χ1n) is 10.3. The van der Waals surface area contributed by atoms with E-state index in [0.29, 0.717) is 22.6 Å². The van der Waals surface area contributed by atoms with Gasteiger partial charge in [0.15, 0.2) is 5.65 Å². The van der Waals surface area contributed by atoms with E-state index >= 15 is 0 Å². The quantitative estimate of drug-likeness (QED) is 0.561. The summed E-state index contributed by atoms with van der Waals surface area (Å²) in [7, 11) is 0. The van der Waals surface area contributed by atoms with Crippen LogP contribution in [0, 0.1) is 11.7 Å². The lowest BCUT2D eigenvalue weighted by molar-refractivity contribution is -0.123. The summed E-state index contributed by atoms with van der Waals surface area (Å²) in [6, 6.07) is 5.36. The molecule has 2 heterocycles. The fourth-order valence-corrected chi connectivity index (χ4v) is 3.60. The van der Waals surface area contributed by atoms with Gasteiger partial charge in [0, 0.05) is 18.7 Å². The van der Waals surface area contributed by atoms with Gasteiger partial charge in [-0.15, -0.1) is 0 Å². The number of benzene rings is 1. The summed E-state index contributed by atoms with van der Waals surface area (Å²) in [6.45, 7) is 0.279. The maximum Gasteiger partial charge on any atom is 0.255 e. The van der Waals surface area contributed by atoms with Crippen LogP contribution in [0.3, 0.4) is 0 Å². The number of nitrogens with zero attached hydrogens (tertiary/aromatic N) is 2. The van der Waals surface area contributed by atoms with Crippen molar-refractivity contribution in [3.8, 4) is 0 Å². The Hall–Kier alpha value is -3.29. The van der Waals surface area contributed by atoms with Gasteiger partial charge < -0.3 is 15.6 Å². The highest BCUT2D eigenvalue weighted by Gasteiger charge is 2.37. The van der Waals surface area contributed by atoms with Crippen LogP contribution in [0.4, 0.5) is 4.39 Å². The van der Waals surface area contributed by atoms with Crippen LogP contribution in [0.2, 0.25) is 0 Å². The van der Waals surface area contributed by atoms with E-state index in [4.69, 9.17) is 0 Å². The van der Waals surface area contributed by atoms with E-state index in [1.54, 1.807) is 24.5 Å². The molecule has 2 aromatic heterocycles. The van der Waals surface area contributed by atoms with Crippen molar-refractivity contribution in [2.45, 2.75) is 44.2 Å². The molecule has 154 valence electrons. The Kier molecular flexibility index (Phi) is 4.69. The number of carbonyl (C=O) groups is 2. The van der Waals surface area contributed by atoms with Crippen molar-refractivity contribution in [1.82, 2.24) is 25.6 Å². The number of nitrogens with one attached hydrogen (secondary N) is 3. The van der Waals surface area contributed by atoms with Gasteiger partial charge in [-0.25, -0.2) is 14.4 Å². The van der Waals surface area contributed by atoms with Gasteiger partial charge in [-0.2, -0.15) is 0 Å². The molecule has 2 fully saturated rings. The third-order valence-electron chi connectivity index (χ3n) is 5.68. The van der Waals surface area contributed by atoms with Crippen LogP contribution >= 0.6 is 0 Å². The van der Waals surface area contributed by atoms with E-state index in [1.807, 2.05) is 0 Å². The Balaban J connectivity index is 1.29. The fraction of sp³-hybridized carbons (Fsp3) is 0.364. The zero-order valence-corrected chi connectivity index (χ0v) is 16.3. The molecule has 2 aliphatic carbocycles. The minimum Gasteiger partial charge on any atom is -0.350 e. The highest BCUT2D eigenvalue weighted by atomic mass is 19.1. The molecule has 5 rings (SSSR count). The Labute approximate surface area is 172 Å². The lowest BCUT2D eigenvalue weighted by Gasteiger charge is -2.18. The third-order valence-corrected chi connectivity index (χ3v) is 5.68. The van der Waals surface area contributed by atoms with Gasteiger partial charge in [0.05, 0.1) is 17.5 Å². The Morgan fingerprint density at radius 1 is 1.17 bits per heavy atom. The molecular weight excluding hydrogens is 385 g/mol. The summed E-state index contributed by atoms with van der Waals surface area (Å²) < 4.78 is 13.0. The highest BCUT2D eigenvalue weighted by Crippen LogP contribution is 2.39. The Bertz CT molecular complexity index is 1100. The average Bonchev–Trinajstić information content (AvgIpc) is 3.68. The van der Waals surface area contributed by atoms with Crippen molar-refractivity contribution >= 4 is 23.0 Å². The number of carbonyl (C=O) groups excluding carboxylic acids is 2. The molecule has 0 saturated heterocycles. The number of hydrogen-bond donors (Lipinski definition) is 3. The minimum atomic E-state index is -0.609. The summed E-state index contributed by atoms with van der Waals surface area (Å²) in [4.78, 5) is 37.7. The van der Waals surface area contributed by atoms with Gasteiger partial charge in [0.1, 0.15) is 17.4 Å². The molecule has 3 aromatic rings. The van der Waals surface area contributed by atoms with Gasteiger partial charge in [-0.3, -0.25) is 9.59 Å². The molecule has 1 atom stereocenters. The van der Waals surface area contributed by atoms with Crippen molar-refractivity contribution in [2.75, 3.05) is 0 Å². The second-order valence-corrected chi connectivity index (χ2v) is 8.10. The van der Waals surface area contributed by atoms with E-state index in [0.717, 1.165) is 36.9 Å². The van der Waals surface area contributed by atoms with Crippen LogP contribution in [0.5, 0.6) is 0 Å². The van der Waals surface area contributed by atoms with Gasteiger partial charge in [0.2, 0.25) is 5.91 Å². The van der Waals surface area contributed by atoms with E-state index in [-0.39, 0.29) is 30.1 Å². The van der Waals surface area contributed by atoms with Gasteiger partial charge >= 0.3 is 0 Å². The molecule has 30 heavy (non-hydrogen) atoms. The van der Waals surface area contributed by atoms with Gasteiger partial charge in [0.25, 0.3) is 5.91 Å². The minimum absolute atomic E-state index is 0.125. The number of rotatable bonds is 7. The lowest BCUT2D eigenvalue weighted by atomic mass is 10.1. The number of hydrogen-bond acceptors (Lipinski definition) is 4. The molecule has 0 bridgehead atoms. The zero-order valence-electron chi connectivity index (χ0n) is 16.3. The fourth-order valence-electron chi connectivity index (χ4n) is 3.60. The Morgan fingerprint density at radius 3 is 2.63 bits per heavy atom. The number of H-pyrrole nitrogens is 1. The third kappa shape index (κ3) is 3.90. The Morgan fingerprint density at radius 2 is 1.93 bits per heavy atom. The molecule has 3 N–H and O–H groups in total. The average molecular weight is 407 g/mol. The summed E-state index contributed by atoms with van der Waals surface area (Å²) >= 11 is 0. The zero-order chi connectivity index (χ0) is 20.7. The number of fused-ring (bicyclic) bond motifs is 1. The lowest BCUT2D eigenvalue weighted by Crippen LogP contribution is -2.47. The predicted octanol–water partition coefficient (Wildman–Crippen LogP) is 2.80. The predicted molar refractivity (Wildman–Crippen MR) is 108 cm³/mol. The van der Waals surface area contributed by atoms with Crippen molar-refractivity contribution < 1.29 is 14.0 Å². The van der Waals surface area contributed by atoms with Gasteiger partial charge in [-0.1, -0.05) is 12.1 Å². The summed E-state index contributed by atoms with van der Waals surface area (Å²) in [5.41, 5.74) is 3.21. The van der Waals surface area contributed by atoms with Crippen molar-refractivity contribution in [3.05, 3.63) is 59.3 Å². The van der Waals surface area contributed by atoms with Crippen LogP contribution in [0.25, 0.3) is 11.2 Å². The number of amides is 2. The maximum absolute atomic E-state index is 13.0. The van der Waals surface area contributed by atoms with Crippen LogP contribution in [0.15, 0.2) is 36.7 Å². The summed E-state index contributed by atoms with van der Waals surface area (Å²) in [5, 5.41) is 5.73. The molecule has 7 nitrogen and oxygen atoms in total. The SMILES string of the molecule is O=C(N[C@@H](C(=O)NCc1ccc(F)cc1)C1CC1)c1c[nH]c2ncc(C3CC3)nc12. The normalized spacial score (nSPS) is 17.0. The van der Waals surface area contributed by atoms with Gasteiger partial charge in [-0.05, 0) is 49.3 Å². The van der Waals surface area contributed by atoms with Crippen LogP contribution in [0.1, 0.15) is 53.2 Å². The largest absolute Gasteiger partial charge is 0.350 e. The molecular formula is C22H22FN5O2. The van der Waals surface area contributed by atoms with E-state index in [1.165, 1.54) is 12.1 Å². The van der Waals surface area contributed by atoms with Crippen LogP contribution < -0.4 is 10.6 Å². The number of halogens is 1. The van der Waals surface area contributed by atoms with E-state index < -0.39 is 6.04 Å². The van der Waals surface area contributed by atoms with E-state index in [2.05, 4.69) is 25.6 Å². The second kappa shape index (κ2) is 7.51. The summed E-state index contributed by atoms with van der Waals surface area (Å²) in [5.74, 6) is -0.332. The molecule has 2 amide bonds. The monoisotopic (exact) mass is 407 g/mol.